The monoisotopic (exact) mass is 181 g/mol. The fourth-order valence-electron chi connectivity index (χ4n) is 1.08. The van der Waals surface area contributed by atoms with Crippen LogP contribution in [0.25, 0.3) is 0 Å². The van der Waals surface area contributed by atoms with Gasteiger partial charge in [-0.05, 0) is 0 Å². The average Bonchev–Trinajstić information content (AvgIpc) is 2.08. The van der Waals surface area contributed by atoms with Crippen LogP contribution in [0.4, 0.5) is 0 Å². The molecule has 5 N–H and O–H groups in total. The molecule has 0 unspecified atom stereocenters. The number of ether oxygens (including phenoxy) is 1. The van der Waals surface area contributed by atoms with E-state index in [0.29, 0.717) is 0 Å². The first-order chi connectivity index (χ1) is 5.57. The Labute approximate surface area is 70.1 Å². The van der Waals surface area contributed by atoms with Gasteiger partial charge in [0.1, 0.15) is 24.4 Å². The minimum Gasteiger partial charge on any atom is -0.394 e. The van der Waals surface area contributed by atoms with E-state index < -0.39 is 37.3 Å². The molecule has 0 aromatic heterocycles. The third-order valence-electron chi connectivity index (χ3n) is 1.87. The lowest BCUT2D eigenvalue weighted by molar-refractivity contribution is -0.286. The molecule has 0 radical (unpaired) electrons. The highest BCUT2D eigenvalue weighted by molar-refractivity contribution is 4.87. The first kappa shape index (κ1) is 9.85. The molecule has 0 aliphatic carbocycles. The molecule has 6 heteroatoms. The SMILES string of the molecule is OC[C@H]1O[C@@H](O)[C@H](O)[C@@H](O)[C@@H]1O.[H+]. The largest absolute Gasteiger partial charge is 1.00 e. The van der Waals surface area contributed by atoms with Crippen LogP contribution in [0.2, 0.25) is 0 Å². The van der Waals surface area contributed by atoms with Gasteiger partial charge in [-0.1, -0.05) is 0 Å². The van der Waals surface area contributed by atoms with Crippen molar-refractivity contribution in [2.24, 2.45) is 0 Å². The predicted octanol–water partition coefficient (Wildman–Crippen LogP) is -3.11. The number of hydrogen-bond acceptors (Lipinski definition) is 6. The molecular formula is C6H13O6+. The summed E-state index contributed by atoms with van der Waals surface area (Å²) in [7, 11) is 0. The Morgan fingerprint density at radius 1 is 1.00 bits per heavy atom. The predicted molar refractivity (Wildman–Crippen MR) is 37.1 cm³/mol. The average molecular weight is 181 g/mol. The van der Waals surface area contributed by atoms with E-state index in [1.807, 2.05) is 0 Å². The molecule has 6 nitrogen and oxygen atoms in total. The van der Waals surface area contributed by atoms with E-state index in [-0.39, 0.29) is 1.43 Å². The Morgan fingerprint density at radius 3 is 2.08 bits per heavy atom. The first-order valence-electron chi connectivity index (χ1n) is 3.56. The molecule has 1 rings (SSSR count). The summed E-state index contributed by atoms with van der Waals surface area (Å²) < 4.78 is 4.58. The molecule has 0 saturated carbocycles. The maximum atomic E-state index is 9.12. The van der Waals surface area contributed by atoms with Crippen LogP contribution in [0.5, 0.6) is 0 Å². The molecule has 0 bridgehead atoms. The second-order valence-electron chi connectivity index (χ2n) is 2.72. The molecule has 1 fully saturated rings. The zero-order chi connectivity index (χ0) is 9.30. The zero-order valence-corrected chi connectivity index (χ0v) is 6.24. The van der Waals surface area contributed by atoms with Gasteiger partial charge < -0.3 is 30.3 Å². The van der Waals surface area contributed by atoms with Crippen molar-refractivity contribution in [3.8, 4) is 0 Å². The Balaban J connectivity index is 0.00000144. The Kier molecular flexibility index (Phi) is 2.99. The van der Waals surface area contributed by atoms with Gasteiger partial charge in [0.05, 0.1) is 6.61 Å². The lowest BCUT2D eigenvalue weighted by Gasteiger charge is -2.37. The van der Waals surface area contributed by atoms with E-state index in [4.69, 9.17) is 25.5 Å². The van der Waals surface area contributed by atoms with Crippen LogP contribution in [0.1, 0.15) is 1.43 Å². The molecule has 1 aliphatic rings. The van der Waals surface area contributed by atoms with Gasteiger partial charge in [0.15, 0.2) is 6.29 Å². The maximum absolute atomic E-state index is 9.12. The van der Waals surface area contributed by atoms with Crippen molar-refractivity contribution in [1.82, 2.24) is 0 Å². The van der Waals surface area contributed by atoms with E-state index in [0.717, 1.165) is 0 Å². The van der Waals surface area contributed by atoms with E-state index in [9.17, 15) is 0 Å². The molecule has 0 amide bonds. The smallest absolute Gasteiger partial charge is 0.394 e. The fourth-order valence-corrected chi connectivity index (χ4v) is 1.08. The van der Waals surface area contributed by atoms with Crippen molar-refractivity contribution < 1.29 is 31.7 Å². The summed E-state index contributed by atoms with van der Waals surface area (Å²) in [6.45, 7) is -0.526. The molecule has 1 saturated heterocycles. The number of aliphatic hydroxyl groups excluding tert-OH is 5. The molecule has 72 valence electrons. The third-order valence-corrected chi connectivity index (χ3v) is 1.87. The van der Waals surface area contributed by atoms with Crippen LogP contribution >= 0.6 is 0 Å². The molecule has 0 spiro atoms. The maximum Gasteiger partial charge on any atom is 1.00 e. The second kappa shape index (κ2) is 3.65. The first-order valence-corrected chi connectivity index (χ1v) is 3.56. The van der Waals surface area contributed by atoms with Gasteiger partial charge in [-0.2, -0.15) is 0 Å². The second-order valence-corrected chi connectivity index (χ2v) is 2.72. The van der Waals surface area contributed by atoms with Gasteiger partial charge in [0, 0.05) is 0 Å². The third kappa shape index (κ3) is 1.58. The molecule has 1 aliphatic heterocycles. The molecule has 12 heavy (non-hydrogen) atoms. The molecule has 0 aromatic carbocycles. The molecular weight excluding hydrogens is 168 g/mol. The Morgan fingerprint density at radius 2 is 1.58 bits per heavy atom. The van der Waals surface area contributed by atoms with Crippen molar-refractivity contribution in [1.29, 1.82) is 0 Å². The van der Waals surface area contributed by atoms with Crippen LogP contribution in [-0.4, -0.2) is 62.8 Å². The highest BCUT2D eigenvalue weighted by Gasteiger charge is 2.42. The minimum atomic E-state index is -1.57. The van der Waals surface area contributed by atoms with Crippen molar-refractivity contribution in [3.05, 3.63) is 0 Å². The Hall–Kier alpha value is -0.240. The van der Waals surface area contributed by atoms with Crippen molar-refractivity contribution in [2.75, 3.05) is 6.61 Å². The highest BCUT2D eigenvalue weighted by atomic mass is 16.6. The van der Waals surface area contributed by atoms with Gasteiger partial charge in [0.2, 0.25) is 0 Å². The minimum absolute atomic E-state index is 0. The van der Waals surface area contributed by atoms with Crippen LogP contribution in [0.15, 0.2) is 0 Å². The molecule has 1 heterocycles. The topological polar surface area (TPSA) is 110 Å². The number of aliphatic hydroxyl groups is 5. The normalized spacial score (nSPS) is 49.2. The summed E-state index contributed by atoms with van der Waals surface area (Å²) in [6.07, 6.45) is -7.04. The van der Waals surface area contributed by atoms with Crippen molar-refractivity contribution >= 4 is 0 Å². The lowest BCUT2D eigenvalue weighted by atomic mass is 10.00. The van der Waals surface area contributed by atoms with Gasteiger partial charge in [0.25, 0.3) is 0 Å². The standard InChI is InChI=1S/C6H12O6/c7-1-2-3(8)4(9)5(10)6(11)12-2/h2-11H,1H2/p+1/t2-,3-,4+,5-,6-/m1/s1. The summed E-state index contributed by atoms with van der Waals surface area (Å²) >= 11 is 0. The highest BCUT2D eigenvalue weighted by Crippen LogP contribution is 2.18. The number of hydrogen-bond donors (Lipinski definition) is 5. The summed E-state index contributed by atoms with van der Waals surface area (Å²) in [4.78, 5) is 0. The summed E-state index contributed by atoms with van der Waals surface area (Å²) in [5.41, 5.74) is 0. The quantitative estimate of drug-likeness (QED) is 0.293. The van der Waals surface area contributed by atoms with Crippen LogP contribution < -0.4 is 0 Å². The van der Waals surface area contributed by atoms with E-state index in [1.54, 1.807) is 0 Å². The van der Waals surface area contributed by atoms with Crippen molar-refractivity contribution in [2.45, 2.75) is 30.7 Å². The van der Waals surface area contributed by atoms with Gasteiger partial charge >= 0.3 is 1.43 Å². The Bertz CT molecular complexity index is 151. The summed E-state index contributed by atoms with van der Waals surface area (Å²) in [5.74, 6) is 0. The summed E-state index contributed by atoms with van der Waals surface area (Å²) in [6, 6.07) is 0. The van der Waals surface area contributed by atoms with E-state index in [2.05, 4.69) is 4.74 Å². The van der Waals surface area contributed by atoms with Crippen LogP contribution in [-0.2, 0) is 4.74 Å². The van der Waals surface area contributed by atoms with Crippen LogP contribution in [0.3, 0.4) is 0 Å². The van der Waals surface area contributed by atoms with Gasteiger partial charge in [-0.3, -0.25) is 0 Å². The lowest BCUT2D eigenvalue weighted by Crippen LogP contribution is -2.58. The molecule has 0 aromatic rings. The van der Waals surface area contributed by atoms with E-state index in [1.165, 1.54) is 0 Å². The van der Waals surface area contributed by atoms with Crippen LogP contribution in [0, 0.1) is 0 Å². The van der Waals surface area contributed by atoms with Crippen molar-refractivity contribution in [3.63, 3.8) is 0 Å². The fraction of sp³-hybridized carbons (Fsp3) is 1.00. The molecule has 5 atom stereocenters. The zero-order valence-electron chi connectivity index (χ0n) is 7.24. The van der Waals surface area contributed by atoms with E-state index >= 15 is 0 Å². The van der Waals surface area contributed by atoms with Gasteiger partial charge in [-0.15, -0.1) is 0 Å². The number of rotatable bonds is 1. The summed E-state index contributed by atoms with van der Waals surface area (Å²) in [5, 5.41) is 44.7. The van der Waals surface area contributed by atoms with Gasteiger partial charge in [-0.25, -0.2) is 0 Å².